The summed E-state index contributed by atoms with van der Waals surface area (Å²) in [6.07, 6.45) is 22.1. The maximum atomic E-state index is 11.1. The van der Waals surface area contributed by atoms with Crippen LogP contribution in [-0.4, -0.2) is 12.5 Å². The molecule has 0 aliphatic heterocycles. The molecule has 2 aliphatic carbocycles. The predicted octanol–water partition coefficient (Wildman–Crippen LogP) is 1.16. The molecule has 2 rings (SSSR count). The number of hydrogen-bond donors (Lipinski definition) is 1. The molecule has 3 heteroatoms. The van der Waals surface area contributed by atoms with Gasteiger partial charge < -0.3 is 5.32 Å². The number of rotatable bonds is 2. The Hall–Kier alpha value is -0.451. The van der Waals surface area contributed by atoms with Crippen molar-refractivity contribution in [1.29, 1.82) is 0 Å². The van der Waals surface area contributed by atoms with Crippen LogP contribution in [0, 0.1) is 76.0 Å². The number of terminal acetylenes is 1. The first-order chi connectivity index (χ1) is 7.84. The normalized spacial score (nSPS) is 18.5. The third-order valence-corrected chi connectivity index (χ3v) is 1.83. The van der Waals surface area contributed by atoms with Gasteiger partial charge in [-0.3, -0.25) is 4.79 Å². The van der Waals surface area contributed by atoms with Gasteiger partial charge in [-0.15, -0.1) is 6.42 Å². The number of hydrogen-bond acceptors (Lipinski definition) is 1. The Balaban J connectivity index is 0.000000360. The van der Waals surface area contributed by atoms with Crippen LogP contribution in [0.15, 0.2) is 0 Å². The summed E-state index contributed by atoms with van der Waals surface area (Å²) >= 11 is 0. The third kappa shape index (κ3) is 7.47. The Kier molecular flexibility index (Phi) is 10.4. The summed E-state index contributed by atoms with van der Waals surface area (Å²) < 4.78 is 0. The van der Waals surface area contributed by atoms with Crippen molar-refractivity contribution in [2.45, 2.75) is 0 Å². The van der Waals surface area contributed by atoms with Gasteiger partial charge in [0.25, 0.3) is 0 Å². The number of nitrogens with one attached hydrogen (secondary N) is 1. The Morgan fingerprint density at radius 2 is 1.53 bits per heavy atom. The number of carbonyl (C=O) groups excluding carboxylic acids is 1. The van der Waals surface area contributed by atoms with E-state index in [4.69, 9.17) is 6.42 Å². The zero-order chi connectivity index (χ0) is 11.6. The van der Waals surface area contributed by atoms with Gasteiger partial charge >= 0.3 is 17.1 Å². The minimum absolute atomic E-state index is 0. The molecule has 86 valence electrons. The average molecular weight is 267 g/mol. The monoisotopic (exact) mass is 267 g/mol. The summed E-state index contributed by atoms with van der Waals surface area (Å²) in [5.41, 5.74) is 0. The minimum Gasteiger partial charge on any atom is -0.345 e. The molecule has 2 fully saturated rings. The maximum absolute atomic E-state index is 11.1. The zero-order valence-corrected chi connectivity index (χ0v) is 10.3. The molecule has 2 saturated carbocycles. The Morgan fingerprint density at radius 1 is 1.06 bits per heavy atom. The molecular weight excluding hydrogens is 254 g/mol. The Labute approximate surface area is 116 Å². The second-order valence-electron chi connectivity index (χ2n) is 3.02. The van der Waals surface area contributed by atoms with Crippen LogP contribution in [0.2, 0.25) is 0 Å². The van der Waals surface area contributed by atoms with E-state index in [2.05, 4.69) is 11.2 Å². The van der Waals surface area contributed by atoms with Crippen LogP contribution >= 0.6 is 0 Å². The second-order valence-corrected chi connectivity index (χ2v) is 3.02. The van der Waals surface area contributed by atoms with E-state index in [9.17, 15) is 4.79 Å². The van der Waals surface area contributed by atoms with E-state index in [1.54, 1.807) is 12.8 Å². The molecule has 0 aromatic heterocycles. The largest absolute Gasteiger partial charge is 2.00 e. The van der Waals surface area contributed by atoms with Gasteiger partial charge in [0, 0.05) is 0 Å². The zero-order valence-electron chi connectivity index (χ0n) is 9.24. The van der Waals surface area contributed by atoms with E-state index >= 15 is 0 Å². The summed E-state index contributed by atoms with van der Waals surface area (Å²) in [5.74, 6) is 2.86. The molecule has 0 aromatic rings. The molecule has 0 heterocycles. The fraction of sp³-hybridized carbons (Fsp3) is 0.0714. The van der Waals surface area contributed by atoms with Crippen LogP contribution in [0.25, 0.3) is 0 Å². The SMILES string of the molecule is C#CCNC(=O)[C]1[CH][CH][CH][CH]1.[CH]1[CH][CH][CH][CH]1.[Fe+2]. The van der Waals surface area contributed by atoms with Crippen LogP contribution in [0.1, 0.15) is 0 Å². The first kappa shape index (κ1) is 16.5. The molecule has 0 atom stereocenters. The maximum Gasteiger partial charge on any atom is 2.00 e. The van der Waals surface area contributed by atoms with Gasteiger partial charge in [-0.25, -0.2) is 0 Å². The third-order valence-electron chi connectivity index (χ3n) is 1.83. The molecular formula is C14H13FeNO+2. The van der Waals surface area contributed by atoms with E-state index in [1.165, 1.54) is 0 Å². The molecule has 10 radical (unpaired) electrons. The van der Waals surface area contributed by atoms with Crippen molar-refractivity contribution in [3.63, 3.8) is 0 Å². The molecule has 1 N–H and O–H groups in total. The number of amides is 1. The summed E-state index contributed by atoms with van der Waals surface area (Å²) in [6.45, 7) is 0.282. The average Bonchev–Trinajstić information content (AvgIpc) is 2.98. The standard InChI is InChI=1S/C9H8NO.C5H5.Fe/c1-2-7-10-9(11)8-5-3-4-6-8;1-2-4-5-3-1;/h1,3-6H,7H2,(H,10,11);1-5H;/q;;+2. The van der Waals surface area contributed by atoms with Crippen molar-refractivity contribution in [2.75, 3.05) is 6.54 Å². The van der Waals surface area contributed by atoms with Gasteiger partial charge in [0.05, 0.1) is 12.5 Å². The van der Waals surface area contributed by atoms with E-state index < -0.39 is 0 Å². The van der Waals surface area contributed by atoms with Crippen molar-refractivity contribution in [2.24, 2.45) is 0 Å². The summed E-state index contributed by atoms with van der Waals surface area (Å²) in [6, 6.07) is 0. The van der Waals surface area contributed by atoms with Gasteiger partial charge in [-0.05, 0) is 57.8 Å². The van der Waals surface area contributed by atoms with Crippen molar-refractivity contribution >= 4 is 5.91 Å². The first-order valence-corrected chi connectivity index (χ1v) is 4.94. The summed E-state index contributed by atoms with van der Waals surface area (Å²) in [7, 11) is 0. The molecule has 0 bridgehead atoms. The van der Waals surface area contributed by atoms with Crippen LogP contribution in [0.4, 0.5) is 0 Å². The molecule has 0 saturated heterocycles. The molecule has 0 aromatic carbocycles. The Morgan fingerprint density at radius 3 is 1.94 bits per heavy atom. The van der Waals surface area contributed by atoms with Crippen molar-refractivity contribution in [3.05, 3.63) is 63.7 Å². The van der Waals surface area contributed by atoms with E-state index in [1.807, 2.05) is 44.9 Å². The van der Waals surface area contributed by atoms with E-state index in [0.717, 1.165) is 0 Å². The van der Waals surface area contributed by atoms with E-state index in [0.29, 0.717) is 5.92 Å². The van der Waals surface area contributed by atoms with Crippen LogP contribution < -0.4 is 5.32 Å². The van der Waals surface area contributed by atoms with Crippen molar-refractivity contribution < 1.29 is 21.9 Å². The fourth-order valence-electron chi connectivity index (χ4n) is 1.08. The van der Waals surface area contributed by atoms with Gasteiger partial charge in [0.1, 0.15) is 0 Å². The summed E-state index contributed by atoms with van der Waals surface area (Å²) in [4.78, 5) is 11.1. The minimum atomic E-state index is -0.118. The van der Waals surface area contributed by atoms with Gasteiger partial charge in [0.15, 0.2) is 0 Å². The molecule has 1 amide bonds. The molecule has 17 heavy (non-hydrogen) atoms. The molecule has 2 nitrogen and oxygen atoms in total. The fourth-order valence-corrected chi connectivity index (χ4v) is 1.08. The quantitative estimate of drug-likeness (QED) is 0.590. The second kappa shape index (κ2) is 10.7. The van der Waals surface area contributed by atoms with Crippen LogP contribution in [-0.2, 0) is 21.9 Å². The predicted molar refractivity (Wildman–Crippen MR) is 63.8 cm³/mol. The van der Waals surface area contributed by atoms with Gasteiger partial charge in [0.2, 0.25) is 5.91 Å². The molecule has 0 unspecified atom stereocenters. The van der Waals surface area contributed by atoms with Crippen LogP contribution in [0.5, 0.6) is 0 Å². The van der Waals surface area contributed by atoms with Crippen molar-refractivity contribution in [3.8, 4) is 12.3 Å². The summed E-state index contributed by atoms with van der Waals surface area (Å²) in [5, 5.41) is 2.56. The topological polar surface area (TPSA) is 29.1 Å². The molecule has 0 spiro atoms. The molecule has 2 aliphatic rings. The first-order valence-electron chi connectivity index (χ1n) is 4.94. The number of carbonyl (C=O) groups is 1. The van der Waals surface area contributed by atoms with Crippen LogP contribution in [0.3, 0.4) is 0 Å². The smallest absolute Gasteiger partial charge is 0.345 e. The van der Waals surface area contributed by atoms with Gasteiger partial charge in [-0.1, -0.05) is 5.92 Å². The Bertz CT molecular complexity index is 229. The van der Waals surface area contributed by atoms with E-state index in [-0.39, 0.29) is 29.5 Å². The van der Waals surface area contributed by atoms with Gasteiger partial charge in [-0.2, -0.15) is 0 Å². The van der Waals surface area contributed by atoms with Crippen molar-refractivity contribution in [1.82, 2.24) is 5.32 Å².